The van der Waals surface area contributed by atoms with Crippen molar-refractivity contribution in [2.24, 2.45) is 0 Å². The molecule has 35 heavy (non-hydrogen) atoms. The lowest BCUT2D eigenvalue weighted by molar-refractivity contribution is -0.122. The molecule has 1 amide bonds. The van der Waals surface area contributed by atoms with Crippen LogP contribution in [0, 0.1) is 0 Å². The highest BCUT2D eigenvalue weighted by molar-refractivity contribution is 7.80. The number of hydrogen-bond acceptors (Lipinski definition) is 3. The zero-order valence-electron chi connectivity index (χ0n) is 20.4. The zero-order chi connectivity index (χ0) is 26.1. The number of carbonyl (C=O) groups excluding carboxylic acids is 1. The van der Waals surface area contributed by atoms with E-state index in [1.807, 2.05) is 0 Å². The zero-order valence-corrected chi connectivity index (χ0v) is 23.5. The van der Waals surface area contributed by atoms with Gasteiger partial charge in [-0.2, -0.15) is 0 Å². The number of thiocarbonyl (C=S) groups is 1. The van der Waals surface area contributed by atoms with E-state index >= 15 is 0 Å². The van der Waals surface area contributed by atoms with Gasteiger partial charge in [-0.1, -0.05) is 112 Å². The molecule has 0 saturated heterocycles. The molecule has 0 aromatic heterocycles. The Kier molecular flexibility index (Phi) is 16.4. The van der Waals surface area contributed by atoms with E-state index in [2.05, 4.69) is 22.9 Å². The smallest absolute Gasteiger partial charge is 0.335 e. The summed E-state index contributed by atoms with van der Waals surface area (Å²) in [4.78, 5) is 23.3. The van der Waals surface area contributed by atoms with E-state index in [4.69, 9.17) is 52.1 Å². The standard InChI is InChI=1S/C25H38Cl3N3O3S/c1-2-3-4-5-6-7-8-9-10-11-12-13-14-21(32)30-23(25(26,27)28)31-24(35)29-20-17-15-19(16-18-20)22(33)34/h15-18,23H,2-14H2,1H3,(H,30,32)(H,33,34)(H2,29,31,35)/t23-/m1/s1. The molecule has 0 aliphatic heterocycles. The monoisotopic (exact) mass is 565 g/mol. The number of halogens is 3. The third kappa shape index (κ3) is 15.4. The fraction of sp³-hybridized carbons (Fsp3) is 0.640. The minimum atomic E-state index is -1.83. The van der Waals surface area contributed by atoms with Crippen LogP contribution in [-0.4, -0.2) is 32.1 Å². The Morgan fingerprint density at radius 1 is 0.857 bits per heavy atom. The summed E-state index contributed by atoms with van der Waals surface area (Å²) in [5, 5.41) is 17.5. The molecule has 6 nitrogen and oxygen atoms in total. The first-order valence-corrected chi connectivity index (χ1v) is 13.9. The highest BCUT2D eigenvalue weighted by atomic mass is 35.6. The van der Waals surface area contributed by atoms with E-state index in [1.54, 1.807) is 12.1 Å². The molecule has 1 aromatic carbocycles. The van der Waals surface area contributed by atoms with Gasteiger partial charge < -0.3 is 21.1 Å². The molecular weight excluding hydrogens is 529 g/mol. The first-order valence-electron chi connectivity index (χ1n) is 12.4. The summed E-state index contributed by atoms with van der Waals surface area (Å²) >= 11 is 23.3. The summed E-state index contributed by atoms with van der Waals surface area (Å²) in [7, 11) is 0. The molecule has 1 rings (SSSR count). The van der Waals surface area contributed by atoms with Crippen LogP contribution in [-0.2, 0) is 4.79 Å². The fourth-order valence-corrected chi connectivity index (χ4v) is 4.12. The van der Waals surface area contributed by atoms with E-state index in [9.17, 15) is 9.59 Å². The number of rotatable bonds is 17. The number of hydrogen-bond donors (Lipinski definition) is 4. The molecule has 0 heterocycles. The van der Waals surface area contributed by atoms with E-state index in [0.29, 0.717) is 12.1 Å². The van der Waals surface area contributed by atoms with Crippen LogP contribution < -0.4 is 16.0 Å². The average molecular weight is 567 g/mol. The van der Waals surface area contributed by atoms with Crippen LogP contribution in [0.1, 0.15) is 101 Å². The van der Waals surface area contributed by atoms with Crippen LogP contribution in [0.2, 0.25) is 0 Å². The summed E-state index contributed by atoms with van der Waals surface area (Å²) < 4.78 is -1.83. The molecule has 1 atom stereocenters. The van der Waals surface area contributed by atoms with Crippen LogP contribution in [0.3, 0.4) is 0 Å². The highest BCUT2D eigenvalue weighted by Gasteiger charge is 2.34. The van der Waals surface area contributed by atoms with Gasteiger partial charge in [-0.3, -0.25) is 4.79 Å². The maximum Gasteiger partial charge on any atom is 0.335 e. The third-order valence-electron chi connectivity index (χ3n) is 5.56. The van der Waals surface area contributed by atoms with E-state index in [0.717, 1.165) is 19.3 Å². The predicted octanol–water partition coefficient (Wildman–Crippen LogP) is 7.57. The van der Waals surface area contributed by atoms with E-state index < -0.39 is 15.9 Å². The number of carboxylic acid groups (broad SMARTS) is 1. The molecule has 0 radical (unpaired) electrons. The SMILES string of the molecule is CCCCCCCCCCCCCCC(=O)N[C@H](NC(=S)Nc1ccc(C(=O)O)cc1)C(Cl)(Cl)Cl. The maximum absolute atomic E-state index is 12.4. The van der Waals surface area contributed by atoms with Crippen molar-refractivity contribution < 1.29 is 14.7 Å². The highest BCUT2D eigenvalue weighted by Crippen LogP contribution is 2.29. The van der Waals surface area contributed by atoms with Crippen molar-refractivity contribution in [3.05, 3.63) is 29.8 Å². The summed E-state index contributed by atoms with van der Waals surface area (Å²) in [5.74, 6) is -1.25. The van der Waals surface area contributed by atoms with Gasteiger partial charge in [0.25, 0.3) is 0 Å². The number of nitrogens with one attached hydrogen (secondary N) is 3. The molecule has 1 aromatic rings. The Morgan fingerprint density at radius 2 is 1.34 bits per heavy atom. The summed E-state index contributed by atoms with van der Waals surface area (Å²) in [6.45, 7) is 2.24. The molecule has 0 fully saturated rings. The topological polar surface area (TPSA) is 90.5 Å². The minimum Gasteiger partial charge on any atom is -0.478 e. The number of unbranched alkanes of at least 4 members (excludes halogenated alkanes) is 11. The van der Waals surface area contributed by atoms with E-state index in [1.165, 1.54) is 69.9 Å². The van der Waals surface area contributed by atoms with Crippen molar-refractivity contribution in [3.63, 3.8) is 0 Å². The molecule has 0 unspecified atom stereocenters. The van der Waals surface area contributed by atoms with Gasteiger partial charge in [-0.15, -0.1) is 0 Å². The molecular formula is C25H38Cl3N3O3S. The van der Waals surface area contributed by atoms with Gasteiger partial charge in [0.2, 0.25) is 9.70 Å². The number of carbonyl (C=O) groups is 2. The molecule has 0 aliphatic carbocycles. The molecule has 0 bridgehead atoms. The van der Waals surface area contributed by atoms with Gasteiger partial charge >= 0.3 is 5.97 Å². The lowest BCUT2D eigenvalue weighted by Gasteiger charge is -2.27. The second kappa shape index (κ2) is 18.0. The molecule has 0 spiro atoms. The molecule has 4 N–H and O–H groups in total. The van der Waals surface area contributed by atoms with Gasteiger partial charge in [-0.25, -0.2) is 4.79 Å². The average Bonchev–Trinajstić information content (AvgIpc) is 2.79. The fourth-order valence-electron chi connectivity index (χ4n) is 3.55. The number of amides is 1. The lowest BCUT2D eigenvalue weighted by atomic mass is 10.0. The number of carboxylic acids is 1. The largest absolute Gasteiger partial charge is 0.478 e. The number of aromatic carboxylic acids is 1. The molecule has 0 saturated carbocycles. The van der Waals surface area contributed by atoms with Crippen molar-refractivity contribution in [2.75, 3.05) is 5.32 Å². The quantitative estimate of drug-likeness (QED) is 0.0673. The van der Waals surface area contributed by atoms with Crippen LogP contribution in [0.5, 0.6) is 0 Å². The van der Waals surface area contributed by atoms with Gasteiger partial charge in [0.15, 0.2) is 5.11 Å². The normalized spacial score (nSPS) is 12.1. The van der Waals surface area contributed by atoms with E-state index in [-0.39, 0.29) is 16.6 Å². The summed E-state index contributed by atoms with van der Waals surface area (Å²) in [5.41, 5.74) is 0.706. The Balaban J connectivity index is 2.27. The molecule has 198 valence electrons. The first kappa shape index (κ1) is 31.7. The Hall–Kier alpha value is -1.28. The molecule has 10 heteroatoms. The van der Waals surface area contributed by atoms with Crippen LogP contribution >= 0.6 is 47.0 Å². The van der Waals surface area contributed by atoms with Gasteiger partial charge in [0, 0.05) is 12.1 Å². The van der Waals surface area contributed by atoms with Gasteiger partial charge in [0.05, 0.1) is 5.56 Å². The lowest BCUT2D eigenvalue weighted by Crippen LogP contribution is -2.56. The van der Waals surface area contributed by atoms with Crippen LogP contribution in [0.25, 0.3) is 0 Å². The summed E-state index contributed by atoms with van der Waals surface area (Å²) in [6.07, 6.45) is 13.9. The van der Waals surface area contributed by atoms with Crippen molar-refractivity contribution in [1.29, 1.82) is 0 Å². The second-order valence-corrected chi connectivity index (χ2v) is 11.4. The van der Waals surface area contributed by atoms with Crippen LogP contribution in [0.15, 0.2) is 24.3 Å². The Labute approximate surface area is 229 Å². The van der Waals surface area contributed by atoms with Gasteiger partial charge in [0.1, 0.15) is 6.17 Å². The van der Waals surface area contributed by atoms with Crippen LogP contribution in [0.4, 0.5) is 5.69 Å². The Morgan fingerprint density at radius 3 is 1.80 bits per heavy atom. The summed E-state index contributed by atoms with van der Waals surface area (Å²) in [6, 6.07) is 6.01. The number of benzene rings is 1. The van der Waals surface area contributed by atoms with Crippen molar-refractivity contribution >= 4 is 69.7 Å². The first-order chi connectivity index (χ1) is 16.6. The van der Waals surface area contributed by atoms with Crippen molar-refractivity contribution in [1.82, 2.24) is 10.6 Å². The maximum atomic E-state index is 12.4. The van der Waals surface area contributed by atoms with Crippen molar-refractivity contribution in [3.8, 4) is 0 Å². The predicted molar refractivity (Wildman–Crippen MR) is 151 cm³/mol. The molecule has 0 aliphatic rings. The number of alkyl halides is 3. The van der Waals surface area contributed by atoms with Gasteiger partial charge in [-0.05, 0) is 42.9 Å². The third-order valence-corrected chi connectivity index (χ3v) is 6.43. The number of anilines is 1. The van der Waals surface area contributed by atoms with Crippen molar-refractivity contribution in [2.45, 2.75) is 100 Å². The Bertz CT molecular complexity index is 773. The minimum absolute atomic E-state index is 0.120. The second-order valence-electron chi connectivity index (χ2n) is 8.66.